The van der Waals surface area contributed by atoms with E-state index in [0.29, 0.717) is 6.54 Å². The Bertz CT molecular complexity index is 270. The third-order valence-corrected chi connectivity index (χ3v) is 2.18. The number of carboxylic acid groups (broad SMARTS) is 1. The number of aliphatic carboxylic acids is 1. The largest absolute Gasteiger partial charge is 0.481 e. The van der Waals surface area contributed by atoms with Crippen molar-refractivity contribution in [2.75, 3.05) is 6.54 Å². The minimum absolute atomic E-state index is 0. The molecule has 1 atom stereocenters. The molecule has 0 saturated carbocycles. The van der Waals surface area contributed by atoms with E-state index >= 15 is 0 Å². The summed E-state index contributed by atoms with van der Waals surface area (Å²) >= 11 is 0. The van der Waals surface area contributed by atoms with Crippen LogP contribution in [0.25, 0.3) is 0 Å². The third-order valence-electron chi connectivity index (χ3n) is 2.18. The van der Waals surface area contributed by atoms with E-state index in [1.54, 1.807) is 20.8 Å². The van der Waals surface area contributed by atoms with Gasteiger partial charge in [0, 0.05) is 12.6 Å². The summed E-state index contributed by atoms with van der Waals surface area (Å²) in [5, 5.41) is 8.60. The average molecular weight is 231 g/mol. The standard InChI is InChI=1S/C10H17NO4.CH4/c1-10(2,3)15-9(14)11-5-4-7(11)6-8(12)13;/h7H,4-6H2,1-3H3,(H,12,13);1H4. The zero-order valence-corrected chi connectivity index (χ0v) is 9.32. The van der Waals surface area contributed by atoms with Crippen molar-refractivity contribution >= 4 is 12.1 Å². The van der Waals surface area contributed by atoms with Gasteiger partial charge in [0.15, 0.2) is 0 Å². The van der Waals surface area contributed by atoms with E-state index in [-0.39, 0.29) is 19.9 Å². The minimum atomic E-state index is -0.881. The van der Waals surface area contributed by atoms with Crippen LogP contribution in [0.5, 0.6) is 0 Å². The molecule has 1 unspecified atom stereocenters. The fourth-order valence-electron chi connectivity index (χ4n) is 1.42. The lowest BCUT2D eigenvalue weighted by Crippen LogP contribution is -2.53. The van der Waals surface area contributed by atoms with Crippen LogP contribution in [0.4, 0.5) is 4.79 Å². The van der Waals surface area contributed by atoms with Crippen LogP contribution in [-0.2, 0) is 9.53 Å². The van der Waals surface area contributed by atoms with Crippen LogP contribution >= 0.6 is 0 Å². The molecule has 5 heteroatoms. The predicted octanol–water partition coefficient (Wildman–Crippen LogP) is 2.11. The molecule has 16 heavy (non-hydrogen) atoms. The topological polar surface area (TPSA) is 66.8 Å². The molecule has 1 rings (SSSR count). The number of carbonyl (C=O) groups is 2. The molecular weight excluding hydrogens is 210 g/mol. The van der Waals surface area contributed by atoms with Crippen LogP contribution in [0.2, 0.25) is 0 Å². The van der Waals surface area contributed by atoms with Gasteiger partial charge in [-0.2, -0.15) is 0 Å². The van der Waals surface area contributed by atoms with Gasteiger partial charge in [0.2, 0.25) is 0 Å². The Labute approximate surface area is 96.4 Å². The molecule has 1 heterocycles. The fourth-order valence-corrected chi connectivity index (χ4v) is 1.42. The number of rotatable bonds is 2. The molecule has 1 fully saturated rings. The van der Waals surface area contributed by atoms with Gasteiger partial charge in [-0.1, -0.05) is 7.43 Å². The molecule has 94 valence electrons. The smallest absolute Gasteiger partial charge is 0.410 e. The lowest BCUT2D eigenvalue weighted by atomic mass is 10.0. The number of amides is 1. The monoisotopic (exact) mass is 231 g/mol. The second-order valence-corrected chi connectivity index (χ2v) is 4.71. The lowest BCUT2D eigenvalue weighted by molar-refractivity contribution is -0.139. The Hall–Kier alpha value is -1.26. The van der Waals surface area contributed by atoms with Crippen LogP contribution in [0.3, 0.4) is 0 Å². The van der Waals surface area contributed by atoms with Gasteiger partial charge in [0.1, 0.15) is 5.60 Å². The molecule has 0 aromatic rings. The number of ether oxygens (including phenoxy) is 1. The first-order chi connectivity index (χ1) is 6.79. The maximum Gasteiger partial charge on any atom is 0.410 e. The molecule has 1 amide bonds. The summed E-state index contributed by atoms with van der Waals surface area (Å²) in [6, 6.07) is -0.197. The number of nitrogens with zero attached hydrogens (tertiary/aromatic N) is 1. The van der Waals surface area contributed by atoms with Gasteiger partial charge in [-0.15, -0.1) is 0 Å². The zero-order valence-electron chi connectivity index (χ0n) is 9.32. The van der Waals surface area contributed by atoms with Crippen LogP contribution in [0, 0.1) is 0 Å². The second-order valence-electron chi connectivity index (χ2n) is 4.71. The van der Waals surface area contributed by atoms with Gasteiger partial charge in [0.05, 0.1) is 6.42 Å². The van der Waals surface area contributed by atoms with Crippen molar-refractivity contribution in [2.45, 2.75) is 52.7 Å². The van der Waals surface area contributed by atoms with Gasteiger partial charge < -0.3 is 14.7 Å². The van der Waals surface area contributed by atoms with E-state index in [0.717, 1.165) is 6.42 Å². The minimum Gasteiger partial charge on any atom is -0.481 e. The summed E-state index contributed by atoms with van der Waals surface area (Å²) in [4.78, 5) is 23.5. The van der Waals surface area contributed by atoms with Crippen molar-refractivity contribution in [3.8, 4) is 0 Å². The summed E-state index contributed by atoms with van der Waals surface area (Å²) in [6.45, 7) is 5.96. The Morgan fingerprint density at radius 3 is 2.31 bits per heavy atom. The van der Waals surface area contributed by atoms with Crippen molar-refractivity contribution in [3.63, 3.8) is 0 Å². The summed E-state index contributed by atoms with van der Waals surface area (Å²) < 4.78 is 5.15. The van der Waals surface area contributed by atoms with E-state index in [2.05, 4.69) is 0 Å². The molecule has 0 bridgehead atoms. The van der Waals surface area contributed by atoms with E-state index in [1.165, 1.54) is 4.90 Å². The summed E-state index contributed by atoms with van der Waals surface area (Å²) in [5.41, 5.74) is -0.527. The Morgan fingerprint density at radius 1 is 1.44 bits per heavy atom. The number of hydrogen-bond acceptors (Lipinski definition) is 3. The predicted molar refractivity (Wildman–Crippen MR) is 60.3 cm³/mol. The maximum absolute atomic E-state index is 11.5. The Balaban J connectivity index is 0.00000225. The number of carboxylic acids is 1. The van der Waals surface area contributed by atoms with E-state index in [9.17, 15) is 9.59 Å². The molecule has 0 aromatic heterocycles. The summed E-state index contributed by atoms with van der Waals surface area (Å²) in [5.74, 6) is -0.881. The first-order valence-corrected chi connectivity index (χ1v) is 5.01. The SMILES string of the molecule is C.CC(C)(C)OC(=O)N1CCC1CC(=O)O. The first-order valence-electron chi connectivity index (χ1n) is 5.01. The number of likely N-dealkylation sites (tertiary alicyclic amines) is 1. The van der Waals surface area contributed by atoms with Gasteiger partial charge in [0.25, 0.3) is 0 Å². The van der Waals surface area contributed by atoms with Gasteiger partial charge >= 0.3 is 12.1 Å². The van der Waals surface area contributed by atoms with E-state index < -0.39 is 17.7 Å². The molecular formula is C11H21NO4. The van der Waals surface area contributed by atoms with E-state index in [1.807, 2.05) is 0 Å². The first kappa shape index (κ1) is 14.7. The number of carbonyl (C=O) groups excluding carboxylic acids is 1. The maximum atomic E-state index is 11.5. The molecule has 0 spiro atoms. The molecule has 1 aliphatic heterocycles. The van der Waals surface area contributed by atoms with Gasteiger partial charge in [-0.25, -0.2) is 4.79 Å². The van der Waals surface area contributed by atoms with Crippen LogP contribution in [0.15, 0.2) is 0 Å². The lowest BCUT2D eigenvalue weighted by Gasteiger charge is -2.40. The normalized spacial score (nSPS) is 19.4. The summed E-state index contributed by atoms with van der Waals surface area (Å²) in [7, 11) is 0. The number of hydrogen-bond donors (Lipinski definition) is 1. The second kappa shape index (κ2) is 5.18. The van der Waals surface area contributed by atoms with E-state index in [4.69, 9.17) is 9.84 Å². The molecule has 1 saturated heterocycles. The van der Waals surface area contributed by atoms with Crippen molar-refractivity contribution < 1.29 is 19.4 Å². The quantitative estimate of drug-likeness (QED) is 0.790. The molecule has 0 aromatic carbocycles. The van der Waals surface area contributed by atoms with Crippen LogP contribution < -0.4 is 0 Å². The average Bonchev–Trinajstić information content (AvgIpc) is 1.93. The Morgan fingerprint density at radius 2 is 2.00 bits per heavy atom. The molecule has 5 nitrogen and oxygen atoms in total. The summed E-state index contributed by atoms with van der Waals surface area (Å²) in [6.07, 6.45) is 0.324. The zero-order chi connectivity index (χ0) is 11.6. The van der Waals surface area contributed by atoms with Crippen molar-refractivity contribution in [3.05, 3.63) is 0 Å². The van der Waals surface area contributed by atoms with Crippen molar-refractivity contribution in [1.82, 2.24) is 4.90 Å². The molecule has 1 N–H and O–H groups in total. The Kier molecular flexibility index (Phi) is 4.78. The highest BCUT2D eigenvalue weighted by molar-refractivity contribution is 5.72. The molecule has 0 radical (unpaired) electrons. The molecule has 1 aliphatic rings. The van der Waals surface area contributed by atoms with Gasteiger partial charge in [-0.3, -0.25) is 4.79 Å². The highest BCUT2D eigenvalue weighted by atomic mass is 16.6. The fraction of sp³-hybridized carbons (Fsp3) is 0.818. The highest BCUT2D eigenvalue weighted by Gasteiger charge is 2.36. The third kappa shape index (κ3) is 4.08. The van der Waals surface area contributed by atoms with Crippen LogP contribution in [-0.4, -0.2) is 40.3 Å². The highest BCUT2D eigenvalue weighted by Crippen LogP contribution is 2.23. The van der Waals surface area contributed by atoms with Crippen molar-refractivity contribution in [2.24, 2.45) is 0 Å². The van der Waals surface area contributed by atoms with Crippen LogP contribution in [0.1, 0.15) is 41.0 Å². The molecule has 0 aliphatic carbocycles. The van der Waals surface area contributed by atoms with Gasteiger partial charge in [-0.05, 0) is 27.2 Å². The van der Waals surface area contributed by atoms with Crippen molar-refractivity contribution in [1.29, 1.82) is 0 Å².